The first-order valence-electron chi connectivity index (χ1n) is 6.54. The van der Waals surface area contributed by atoms with E-state index in [2.05, 4.69) is 37.5 Å². The van der Waals surface area contributed by atoms with E-state index in [1.54, 1.807) is 0 Å². The van der Waals surface area contributed by atoms with Crippen LogP contribution in [0.4, 0.5) is 0 Å². The van der Waals surface area contributed by atoms with Gasteiger partial charge in [-0.1, -0.05) is 13.8 Å². The molecule has 0 aromatic carbocycles. The van der Waals surface area contributed by atoms with Crippen LogP contribution in [0, 0.1) is 18.8 Å². The predicted molar refractivity (Wildman–Crippen MR) is 73.6 cm³/mol. The zero-order chi connectivity index (χ0) is 12.3. The van der Waals surface area contributed by atoms with Gasteiger partial charge in [0.25, 0.3) is 0 Å². The highest BCUT2D eigenvalue weighted by Gasteiger charge is 2.31. The maximum Gasteiger partial charge on any atom is 0.0960 e. The zero-order valence-corrected chi connectivity index (χ0v) is 11.8. The zero-order valence-electron chi connectivity index (χ0n) is 11.0. The molecule has 2 nitrogen and oxygen atoms in total. The second kappa shape index (κ2) is 5.98. The maximum atomic E-state index is 5.92. The molecule has 3 heteroatoms. The third-order valence-electron chi connectivity index (χ3n) is 3.33. The van der Waals surface area contributed by atoms with Gasteiger partial charge in [-0.25, -0.2) is 0 Å². The second-order valence-electron chi connectivity index (χ2n) is 5.36. The van der Waals surface area contributed by atoms with E-state index >= 15 is 0 Å². The fraction of sp³-hybridized carbons (Fsp3) is 0.714. The summed E-state index contributed by atoms with van der Waals surface area (Å²) in [7, 11) is 0. The van der Waals surface area contributed by atoms with Crippen molar-refractivity contribution in [2.75, 3.05) is 19.7 Å². The Bertz CT molecular complexity index is 348. The van der Waals surface area contributed by atoms with Crippen molar-refractivity contribution < 1.29 is 4.74 Å². The van der Waals surface area contributed by atoms with Crippen LogP contribution in [-0.2, 0) is 4.74 Å². The van der Waals surface area contributed by atoms with Crippen LogP contribution in [-0.4, -0.2) is 19.7 Å². The van der Waals surface area contributed by atoms with Gasteiger partial charge in [-0.2, -0.15) is 0 Å². The number of nitrogens with one attached hydrogen (secondary N) is 1. The molecule has 2 unspecified atom stereocenters. The number of rotatable bonds is 5. The van der Waals surface area contributed by atoms with Gasteiger partial charge in [0.1, 0.15) is 0 Å². The summed E-state index contributed by atoms with van der Waals surface area (Å²) in [5.41, 5.74) is 1.38. The van der Waals surface area contributed by atoms with Crippen molar-refractivity contribution >= 4 is 11.3 Å². The molecule has 1 aliphatic heterocycles. The smallest absolute Gasteiger partial charge is 0.0960 e. The fourth-order valence-corrected chi connectivity index (χ4v) is 3.43. The van der Waals surface area contributed by atoms with E-state index in [1.165, 1.54) is 16.9 Å². The molecule has 17 heavy (non-hydrogen) atoms. The maximum absolute atomic E-state index is 5.92. The second-order valence-corrected chi connectivity index (χ2v) is 6.31. The topological polar surface area (TPSA) is 21.3 Å². The molecule has 1 N–H and O–H groups in total. The predicted octanol–water partition coefficient (Wildman–Crippen LogP) is 3.38. The number of aryl methyl sites for hydroxylation is 1. The molecule has 2 rings (SSSR count). The molecule has 0 radical (unpaired) electrons. The lowest BCUT2D eigenvalue weighted by Gasteiger charge is -2.19. The minimum Gasteiger partial charge on any atom is -0.372 e. The van der Waals surface area contributed by atoms with Crippen LogP contribution in [0.3, 0.4) is 0 Å². The average molecular weight is 253 g/mol. The summed E-state index contributed by atoms with van der Waals surface area (Å²) in [6, 6.07) is 2.19. The summed E-state index contributed by atoms with van der Waals surface area (Å²) in [6.07, 6.45) is 1.52. The first-order chi connectivity index (χ1) is 8.18. The van der Waals surface area contributed by atoms with Crippen molar-refractivity contribution in [3.8, 4) is 0 Å². The molecular formula is C14H23NOS. The highest BCUT2D eigenvalue weighted by atomic mass is 32.1. The first kappa shape index (κ1) is 13.1. The monoisotopic (exact) mass is 253 g/mol. The summed E-state index contributed by atoms with van der Waals surface area (Å²) in [4.78, 5) is 1.43. The summed E-state index contributed by atoms with van der Waals surface area (Å²) in [5.74, 6) is 1.37. The molecule has 1 saturated heterocycles. The Morgan fingerprint density at radius 1 is 1.53 bits per heavy atom. The highest BCUT2D eigenvalue weighted by molar-refractivity contribution is 7.10. The minimum atomic E-state index is 0.328. The molecule has 1 aromatic rings. The molecular weight excluding hydrogens is 230 g/mol. The van der Waals surface area contributed by atoms with Gasteiger partial charge in [0.2, 0.25) is 0 Å². The molecule has 0 bridgehead atoms. The molecule has 0 amide bonds. The van der Waals surface area contributed by atoms with Gasteiger partial charge in [0, 0.05) is 23.9 Å². The fourth-order valence-electron chi connectivity index (χ4n) is 2.37. The van der Waals surface area contributed by atoms with E-state index in [0.29, 0.717) is 12.0 Å². The molecule has 1 fully saturated rings. The van der Waals surface area contributed by atoms with Gasteiger partial charge in [-0.15, -0.1) is 11.3 Å². The van der Waals surface area contributed by atoms with Gasteiger partial charge in [0.05, 0.1) is 6.10 Å². The SMILES string of the molecule is Cc1ccsc1C1OCCC1CNCC(C)C. The van der Waals surface area contributed by atoms with Crippen molar-refractivity contribution in [2.45, 2.75) is 33.3 Å². The Kier molecular flexibility index (Phi) is 4.60. The average Bonchev–Trinajstić information content (AvgIpc) is 2.86. The van der Waals surface area contributed by atoms with Gasteiger partial charge < -0.3 is 10.1 Å². The molecule has 2 atom stereocenters. The molecule has 2 heterocycles. The molecule has 1 aromatic heterocycles. The number of hydrogen-bond donors (Lipinski definition) is 1. The quantitative estimate of drug-likeness (QED) is 0.868. The number of ether oxygens (including phenoxy) is 1. The highest BCUT2D eigenvalue weighted by Crippen LogP contribution is 2.38. The van der Waals surface area contributed by atoms with Crippen LogP contribution in [0.1, 0.15) is 36.8 Å². The molecule has 1 aliphatic rings. The third-order valence-corrected chi connectivity index (χ3v) is 4.41. The Labute approximate surface area is 108 Å². The lowest BCUT2D eigenvalue weighted by molar-refractivity contribution is 0.0927. The van der Waals surface area contributed by atoms with Crippen molar-refractivity contribution in [1.82, 2.24) is 5.32 Å². The normalized spacial score (nSPS) is 24.7. The van der Waals surface area contributed by atoms with Crippen molar-refractivity contribution in [3.05, 3.63) is 21.9 Å². The largest absolute Gasteiger partial charge is 0.372 e. The Balaban J connectivity index is 1.91. The van der Waals surface area contributed by atoms with Crippen LogP contribution in [0.5, 0.6) is 0 Å². The first-order valence-corrected chi connectivity index (χ1v) is 7.42. The van der Waals surface area contributed by atoms with Crippen LogP contribution in [0.25, 0.3) is 0 Å². The number of thiophene rings is 1. The van der Waals surface area contributed by atoms with Gasteiger partial charge >= 0.3 is 0 Å². The Morgan fingerprint density at radius 3 is 3.00 bits per heavy atom. The van der Waals surface area contributed by atoms with Crippen LogP contribution >= 0.6 is 11.3 Å². The molecule has 96 valence electrons. The van der Waals surface area contributed by atoms with E-state index in [-0.39, 0.29) is 0 Å². The van der Waals surface area contributed by atoms with E-state index in [1.807, 2.05) is 11.3 Å². The van der Waals surface area contributed by atoms with Crippen LogP contribution in [0.2, 0.25) is 0 Å². The third kappa shape index (κ3) is 3.30. The standard InChI is InChI=1S/C14H23NOS/c1-10(2)8-15-9-12-4-6-16-13(12)14-11(3)5-7-17-14/h5,7,10,12-13,15H,4,6,8-9H2,1-3H3. The summed E-state index contributed by atoms with van der Waals surface area (Å²) < 4.78 is 5.92. The molecule has 0 spiro atoms. The minimum absolute atomic E-state index is 0.328. The molecule has 0 aliphatic carbocycles. The molecule has 0 saturated carbocycles. The number of hydrogen-bond acceptors (Lipinski definition) is 3. The summed E-state index contributed by atoms with van der Waals surface area (Å²) in [6.45, 7) is 9.78. The van der Waals surface area contributed by atoms with Gasteiger partial charge in [-0.3, -0.25) is 0 Å². The van der Waals surface area contributed by atoms with E-state index < -0.39 is 0 Å². The summed E-state index contributed by atoms with van der Waals surface area (Å²) >= 11 is 1.84. The Hall–Kier alpha value is -0.380. The Morgan fingerprint density at radius 2 is 2.35 bits per heavy atom. The van der Waals surface area contributed by atoms with E-state index in [4.69, 9.17) is 4.74 Å². The van der Waals surface area contributed by atoms with Gasteiger partial charge in [-0.05, 0) is 42.8 Å². The van der Waals surface area contributed by atoms with Crippen molar-refractivity contribution in [2.24, 2.45) is 11.8 Å². The van der Waals surface area contributed by atoms with E-state index in [0.717, 1.165) is 25.6 Å². The van der Waals surface area contributed by atoms with E-state index in [9.17, 15) is 0 Å². The summed E-state index contributed by atoms with van der Waals surface area (Å²) in [5, 5.41) is 5.73. The lowest BCUT2D eigenvalue weighted by Crippen LogP contribution is -2.27. The van der Waals surface area contributed by atoms with Crippen molar-refractivity contribution in [1.29, 1.82) is 0 Å². The van der Waals surface area contributed by atoms with Crippen LogP contribution < -0.4 is 5.32 Å². The van der Waals surface area contributed by atoms with Crippen LogP contribution in [0.15, 0.2) is 11.4 Å². The van der Waals surface area contributed by atoms with Crippen molar-refractivity contribution in [3.63, 3.8) is 0 Å². The van der Waals surface area contributed by atoms with Gasteiger partial charge in [0.15, 0.2) is 0 Å². The lowest BCUT2D eigenvalue weighted by atomic mass is 9.98.